The molecule has 118 valence electrons. The number of aliphatic hydroxyl groups is 1. The molecule has 3 rings (SSSR count). The summed E-state index contributed by atoms with van der Waals surface area (Å²) < 4.78 is 5.60. The van der Waals surface area contributed by atoms with Crippen molar-refractivity contribution in [3.63, 3.8) is 0 Å². The fraction of sp³-hybridized carbons (Fsp3) is 0.500. The largest absolute Gasteiger partial charge is 0.464 e. The average Bonchev–Trinajstić information content (AvgIpc) is 3.08. The lowest BCUT2D eigenvalue weighted by molar-refractivity contribution is -0.129. The van der Waals surface area contributed by atoms with Crippen molar-refractivity contribution in [3.8, 4) is 0 Å². The van der Waals surface area contributed by atoms with Gasteiger partial charge in [-0.1, -0.05) is 0 Å². The van der Waals surface area contributed by atoms with Gasteiger partial charge in [-0.05, 0) is 50.5 Å². The van der Waals surface area contributed by atoms with E-state index >= 15 is 0 Å². The molecule has 2 unspecified atom stereocenters. The van der Waals surface area contributed by atoms with Crippen molar-refractivity contribution in [2.75, 3.05) is 13.1 Å². The summed E-state index contributed by atoms with van der Waals surface area (Å²) in [6.07, 6.45) is 2.60. The summed E-state index contributed by atoms with van der Waals surface area (Å²) >= 11 is 0. The molecule has 0 saturated carbocycles. The van der Waals surface area contributed by atoms with E-state index in [1.165, 1.54) is 11.1 Å². The van der Waals surface area contributed by atoms with Crippen LogP contribution < -0.4 is 0 Å². The number of hydrogen-bond donors (Lipinski definition) is 1. The Morgan fingerprint density at radius 1 is 1.41 bits per heavy atom. The van der Waals surface area contributed by atoms with Crippen LogP contribution in [-0.4, -0.2) is 35.1 Å². The molecule has 0 spiro atoms. The number of nitrogens with zero attached hydrogens (tertiary/aromatic N) is 1. The normalized spacial score (nSPS) is 19.8. The van der Waals surface area contributed by atoms with Gasteiger partial charge in [-0.2, -0.15) is 0 Å². The van der Waals surface area contributed by atoms with Crippen LogP contribution in [0.15, 0.2) is 22.8 Å². The molecule has 1 aliphatic rings. The fourth-order valence-electron chi connectivity index (χ4n) is 3.16. The van der Waals surface area contributed by atoms with E-state index in [-0.39, 0.29) is 17.9 Å². The number of amides is 1. The topological polar surface area (TPSA) is 53.7 Å². The van der Waals surface area contributed by atoms with E-state index < -0.39 is 0 Å². The zero-order chi connectivity index (χ0) is 15.9. The first-order valence-corrected chi connectivity index (χ1v) is 7.89. The molecule has 22 heavy (non-hydrogen) atoms. The van der Waals surface area contributed by atoms with E-state index in [9.17, 15) is 9.90 Å². The minimum Gasteiger partial charge on any atom is -0.464 e. The Morgan fingerprint density at radius 2 is 2.14 bits per heavy atom. The third kappa shape index (κ3) is 2.75. The van der Waals surface area contributed by atoms with Crippen LogP contribution in [0.2, 0.25) is 0 Å². The predicted molar refractivity (Wildman–Crippen MR) is 85.8 cm³/mol. The highest BCUT2D eigenvalue weighted by molar-refractivity contribution is 5.88. The molecule has 1 amide bonds. The number of fused-ring (bicyclic) bond motifs is 1. The van der Waals surface area contributed by atoms with Crippen LogP contribution in [-0.2, 0) is 11.2 Å². The second kappa shape index (κ2) is 5.76. The fourth-order valence-corrected chi connectivity index (χ4v) is 3.16. The molecule has 4 heteroatoms. The second-order valence-electron chi connectivity index (χ2n) is 6.50. The quantitative estimate of drug-likeness (QED) is 0.948. The van der Waals surface area contributed by atoms with Gasteiger partial charge in [-0.3, -0.25) is 4.79 Å². The number of rotatable bonds is 3. The molecule has 1 saturated heterocycles. The van der Waals surface area contributed by atoms with Crippen LogP contribution in [0.1, 0.15) is 30.0 Å². The molecule has 1 aliphatic heterocycles. The Morgan fingerprint density at radius 3 is 2.82 bits per heavy atom. The van der Waals surface area contributed by atoms with E-state index in [1.807, 2.05) is 11.0 Å². The number of benzene rings is 1. The lowest BCUT2D eigenvalue weighted by Crippen LogP contribution is -2.31. The number of carbonyl (C=O) groups excluding carboxylic acids is 1. The first-order chi connectivity index (χ1) is 10.5. The van der Waals surface area contributed by atoms with E-state index in [4.69, 9.17) is 4.42 Å². The summed E-state index contributed by atoms with van der Waals surface area (Å²) in [7, 11) is 0. The SMILES string of the molecule is Cc1cc2occ(CC(=O)N3CCC(C(C)O)C3)c2cc1C. The van der Waals surface area contributed by atoms with Gasteiger partial charge in [-0.15, -0.1) is 0 Å². The number of aryl methyl sites for hydroxylation is 2. The summed E-state index contributed by atoms with van der Waals surface area (Å²) in [6, 6.07) is 4.12. The van der Waals surface area contributed by atoms with Crippen molar-refractivity contribution in [3.05, 3.63) is 35.1 Å². The van der Waals surface area contributed by atoms with Crippen LogP contribution in [0.4, 0.5) is 0 Å². The molecule has 2 aromatic rings. The lowest BCUT2D eigenvalue weighted by Gasteiger charge is -2.17. The lowest BCUT2D eigenvalue weighted by atomic mass is 10.0. The summed E-state index contributed by atoms with van der Waals surface area (Å²) in [5, 5.41) is 10.7. The average molecular weight is 301 g/mol. The van der Waals surface area contributed by atoms with Crippen molar-refractivity contribution in [1.29, 1.82) is 0 Å². The zero-order valence-electron chi connectivity index (χ0n) is 13.4. The first kappa shape index (κ1) is 15.1. The van der Waals surface area contributed by atoms with E-state index in [1.54, 1.807) is 13.2 Å². The van der Waals surface area contributed by atoms with Gasteiger partial charge in [0.05, 0.1) is 18.8 Å². The van der Waals surface area contributed by atoms with Gasteiger partial charge >= 0.3 is 0 Å². The maximum atomic E-state index is 12.5. The third-order valence-corrected chi connectivity index (χ3v) is 4.87. The zero-order valence-corrected chi connectivity index (χ0v) is 13.4. The van der Waals surface area contributed by atoms with Gasteiger partial charge < -0.3 is 14.4 Å². The number of likely N-dealkylation sites (tertiary alicyclic amines) is 1. The molecule has 1 N–H and O–H groups in total. The monoisotopic (exact) mass is 301 g/mol. The standard InChI is InChI=1S/C18H23NO3/c1-11-6-16-15(10-22-17(16)7-12(11)2)8-18(21)19-5-4-14(9-19)13(3)20/h6-7,10,13-14,20H,4-5,8-9H2,1-3H3. The van der Waals surface area contributed by atoms with Gasteiger partial charge in [-0.25, -0.2) is 0 Å². The second-order valence-corrected chi connectivity index (χ2v) is 6.50. The summed E-state index contributed by atoms with van der Waals surface area (Å²) in [6.45, 7) is 7.32. The minimum atomic E-state index is -0.349. The van der Waals surface area contributed by atoms with Crippen LogP contribution in [0.25, 0.3) is 11.0 Å². The third-order valence-electron chi connectivity index (χ3n) is 4.87. The van der Waals surface area contributed by atoms with Crippen LogP contribution in [0.5, 0.6) is 0 Å². The summed E-state index contributed by atoms with van der Waals surface area (Å²) in [5.41, 5.74) is 4.19. The maximum absolute atomic E-state index is 12.5. The smallest absolute Gasteiger partial charge is 0.227 e. The predicted octanol–water partition coefficient (Wildman–Crippen LogP) is 2.82. The molecule has 2 heterocycles. The Kier molecular flexibility index (Phi) is 3.96. The van der Waals surface area contributed by atoms with Crippen LogP contribution in [0.3, 0.4) is 0 Å². The molecule has 4 nitrogen and oxygen atoms in total. The molecule has 1 aromatic carbocycles. The van der Waals surface area contributed by atoms with Crippen molar-refractivity contribution < 1.29 is 14.3 Å². The van der Waals surface area contributed by atoms with Gasteiger partial charge in [0, 0.05) is 30.0 Å². The van der Waals surface area contributed by atoms with Crippen LogP contribution >= 0.6 is 0 Å². The highest BCUT2D eigenvalue weighted by atomic mass is 16.3. The Hall–Kier alpha value is -1.81. The maximum Gasteiger partial charge on any atom is 0.227 e. The molecule has 0 aliphatic carbocycles. The molecule has 0 bridgehead atoms. The highest BCUT2D eigenvalue weighted by Gasteiger charge is 2.29. The minimum absolute atomic E-state index is 0.115. The Labute approximate surface area is 130 Å². The van der Waals surface area contributed by atoms with Crippen LogP contribution in [0, 0.1) is 19.8 Å². The van der Waals surface area contributed by atoms with E-state index in [0.717, 1.165) is 29.5 Å². The Balaban J connectivity index is 1.76. The Bertz CT molecular complexity index is 702. The molecule has 1 aromatic heterocycles. The van der Waals surface area contributed by atoms with Crippen molar-refractivity contribution in [2.45, 2.75) is 39.7 Å². The van der Waals surface area contributed by atoms with Gasteiger partial charge in [0.1, 0.15) is 5.58 Å². The van der Waals surface area contributed by atoms with E-state index in [0.29, 0.717) is 13.0 Å². The van der Waals surface area contributed by atoms with E-state index in [2.05, 4.69) is 19.9 Å². The molecule has 0 radical (unpaired) electrons. The van der Waals surface area contributed by atoms with Gasteiger partial charge in [0.2, 0.25) is 5.91 Å². The summed E-state index contributed by atoms with van der Waals surface area (Å²) in [5.74, 6) is 0.319. The van der Waals surface area contributed by atoms with Gasteiger partial charge in [0.15, 0.2) is 0 Å². The number of carbonyl (C=O) groups is 1. The highest BCUT2D eigenvalue weighted by Crippen LogP contribution is 2.26. The first-order valence-electron chi connectivity index (χ1n) is 7.89. The molecular formula is C18H23NO3. The molecule has 1 fully saturated rings. The number of aliphatic hydroxyl groups excluding tert-OH is 1. The molecule has 2 atom stereocenters. The van der Waals surface area contributed by atoms with Crippen molar-refractivity contribution >= 4 is 16.9 Å². The summed E-state index contributed by atoms with van der Waals surface area (Å²) in [4.78, 5) is 14.3. The number of hydrogen-bond acceptors (Lipinski definition) is 3. The molecular weight excluding hydrogens is 278 g/mol. The van der Waals surface area contributed by atoms with Gasteiger partial charge in [0.25, 0.3) is 0 Å². The van der Waals surface area contributed by atoms with Crippen molar-refractivity contribution in [1.82, 2.24) is 4.90 Å². The van der Waals surface area contributed by atoms with Crippen molar-refractivity contribution in [2.24, 2.45) is 5.92 Å². The number of furan rings is 1.